The van der Waals surface area contributed by atoms with Crippen LogP contribution in [0.2, 0.25) is 0 Å². The number of nitrogens with zero attached hydrogens (tertiary/aromatic N) is 1. The van der Waals surface area contributed by atoms with Gasteiger partial charge in [0.05, 0.1) is 6.61 Å². The van der Waals surface area contributed by atoms with Crippen molar-refractivity contribution < 1.29 is 9.47 Å². The van der Waals surface area contributed by atoms with E-state index in [4.69, 9.17) is 9.47 Å². The van der Waals surface area contributed by atoms with Gasteiger partial charge in [0, 0.05) is 32.8 Å². The van der Waals surface area contributed by atoms with E-state index < -0.39 is 0 Å². The predicted molar refractivity (Wildman–Crippen MR) is 107 cm³/mol. The lowest BCUT2D eigenvalue weighted by Crippen LogP contribution is -2.38. The SMILES string of the molecule is CN=C(NCc1ccc(C)cc1OCCOC)NCC(C)C.I. The molecule has 2 N–H and O–H groups in total. The van der Waals surface area contributed by atoms with Crippen molar-refractivity contribution in [3.05, 3.63) is 29.3 Å². The highest BCUT2D eigenvalue weighted by Crippen LogP contribution is 2.20. The van der Waals surface area contributed by atoms with Crippen molar-refractivity contribution in [3.8, 4) is 5.75 Å². The predicted octanol–water partition coefficient (Wildman–Crippen LogP) is 2.96. The summed E-state index contributed by atoms with van der Waals surface area (Å²) in [5.74, 6) is 2.27. The molecule has 0 bridgehead atoms. The fraction of sp³-hybridized carbons (Fsp3) is 0.588. The summed E-state index contributed by atoms with van der Waals surface area (Å²) in [6.07, 6.45) is 0. The Kier molecular flexibility index (Phi) is 11.9. The van der Waals surface area contributed by atoms with Gasteiger partial charge in [-0.15, -0.1) is 24.0 Å². The Morgan fingerprint density at radius 3 is 2.57 bits per heavy atom. The van der Waals surface area contributed by atoms with Gasteiger partial charge in [-0.25, -0.2) is 0 Å². The molecule has 0 fully saturated rings. The smallest absolute Gasteiger partial charge is 0.191 e. The van der Waals surface area contributed by atoms with Crippen LogP contribution in [0.5, 0.6) is 5.75 Å². The quantitative estimate of drug-likeness (QED) is 0.285. The van der Waals surface area contributed by atoms with E-state index in [0.717, 1.165) is 23.8 Å². The zero-order chi connectivity index (χ0) is 16.4. The molecular weight excluding hydrogens is 405 g/mol. The minimum Gasteiger partial charge on any atom is -0.491 e. The number of hydrogen-bond donors (Lipinski definition) is 2. The van der Waals surface area contributed by atoms with Gasteiger partial charge in [0.25, 0.3) is 0 Å². The summed E-state index contributed by atoms with van der Waals surface area (Å²) in [6, 6.07) is 6.22. The number of benzene rings is 1. The molecule has 6 heteroatoms. The molecule has 0 spiro atoms. The molecule has 0 saturated heterocycles. The van der Waals surface area contributed by atoms with Crippen LogP contribution in [0.25, 0.3) is 0 Å². The van der Waals surface area contributed by atoms with Crippen molar-refractivity contribution in [3.63, 3.8) is 0 Å². The molecule has 0 saturated carbocycles. The molecule has 0 unspecified atom stereocenters. The van der Waals surface area contributed by atoms with Crippen LogP contribution in [0.1, 0.15) is 25.0 Å². The van der Waals surface area contributed by atoms with Gasteiger partial charge in [-0.3, -0.25) is 4.99 Å². The Bertz CT molecular complexity index is 479. The summed E-state index contributed by atoms with van der Waals surface area (Å²) in [5, 5.41) is 6.62. The van der Waals surface area contributed by atoms with Gasteiger partial charge in [-0.05, 0) is 24.5 Å². The first-order chi connectivity index (χ1) is 10.6. The Labute approximate surface area is 157 Å². The number of guanidine groups is 1. The summed E-state index contributed by atoms with van der Waals surface area (Å²) in [5.41, 5.74) is 2.28. The number of ether oxygens (including phenoxy) is 2. The van der Waals surface area contributed by atoms with E-state index in [1.165, 1.54) is 5.56 Å². The first-order valence-corrected chi connectivity index (χ1v) is 7.72. The lowest BCUT2D eigenvalue weighted by atomic mass is 10.1. The van der Waals surface area contributed by atoms with E-state index in [1.54, 1.807) is 14.2 Å². The van der Waals surface area contributed by atoms with Crippen molar-refractivity contribution in [2.24, 2.45) is 10.9 Å². The Morgan fingerprint density at radius 2 is 1.96 bits per heavy atom. The number of halogens is 1. The van der Waals surface area contributed by atoms with Crippen LogP contribution in [0.3, 0.4) is 0 Å². The molecule has 0 aliphatic carbocycles. The monoisotopic (exact) mass is 435 g/mol. The summed E-state index contributed by atoms with van der Waals surface area (Å²) in [7, 11) is 3.45. The second-order valence-electron chi connectivity index (χ2n) is 5.65. The highest BCUT2D eigenvalue weighted by atomic mass is 127. The first-order valence-electron chi connectivity index (χ1n) is 7.72. The number of nitrogens with one attached hydrogen (secondary N) is 2. The zero-order valence-corrected chi connectivity index (χ0v) is 17.1. The van der Waals surface area contributed by atoms with Crippen LogP contribution in [-0.2, 0) is 11.3 Å². The van der Waals surface area contributed by atoms with Gasteiger partial charge in [-0.2, -0.15) is 0 Å². The molecule has 1 aromatic rings. The third-order valence-electron chi connectivity index (χ3n) is 3.12. The van der Waals surface area contributed by atoms with Gasteiger partial charge in [0.1, 0.15) is 12.4 Å². The van der Waals surface area contributed by atoms with E-state index in [1.807, 2.05) is 0 Å². The average molecular weight is 435 g/mol. The standard InChI is InChI=1S/C17H29N3O2.HI/c1-13(2)11-19-17(18-4)20-12-15-7-6-14(3)10-16(15)22-9-8-21-5;/h6-7,10,13H,8-9,11-12H2,1-5H3,(H2,18,19,20);1H. The third kappa shape index (κ3) is 9.00. The average Bonchev–Trinajstić information content (AvgIpc) is 2.49. The summed E-state index contributed by atoms with van der Waals surface area (Å²) < 4.78 is 10.8. The maximum absolute atomic E-state index is 5.80. The minimum absolute atomic E-state index is 0. The van der Waals surface area contributed by atoms with Gasteiger partial charge in [0.15, 0.2) is 5.96 Å². The Balaban J connectivity index is 0.00000484. The molecule has 23 heavy (non-hydrogen) atoms. The summed E-state index contributed by atoms with van der Waals surface area (Å²) in [4.78, 5) is 4.23. The van der Waals surface area contributed by atoms with E-state index in [-0.39, 0.29) is 24.0 Å². The van der Waals surface area contributed by atoms with Crippen molar-refractivity contribution in [2.75, 3.05) is 33.9 Å². The molecule has 0 aliphatic rings. The minimum atomic E-state index is 0. The molecule has 1 rings (SSSR count). The highest BCUT2D eigenvalue weighted by Gasteiger charge is 2.06. The molecular formula is C17H30IN3O2. The molecule has 0 amide bonds. The Morgan fingerprint density at radius 1 is 1.22 bits per heavy atom. The molecule has 0 heterocycles. The molecule has 5 nitrogen and oxygen atoms in total. The van der Waals surface area contributed by atoms with Gasteiger partial charge in [-0.1, -0.05) is 26.0 Å². The number of hydrogen-bond acceptors (Lipinski definition) is 3. The van der Waals surface area contributed by atoms with Gasteiger partial charge < -0.3 is 20.1 Å². The molecule has 0 radical (unpaired) electrons. The first kappa shape index (κ1) is 22.0. The fourth-order valence-corrected chi connectivity index (χ4v) is 1.88. The van der Waals surface area contributed by atoms with Crippen molar-refractivity contribution in [2.45, 2.75) is 27.3 Å². The molecule has 0 aromatic heterocycles. The lowest BCUT2D eigenvalue weighted by molar-refractivity contribution is 0.145. The van der Waals surface area contributed by atoms with E-state index in [0.29, 0.717) is 25.7 Å². The number of aliphatic imine (C=N–C) groups is 1. The number of methoxy groups -OCH3 is 1. The van der Waals surface area contributed by atoms with Crippen molar-refractivity contribution in [1.29, 1.82) is 0 Å². The van der Waals surface area contributed by atoms with Crippen LogP contribution in [0.15, 0.2) is 23.2 Å². The maximum atomic E-state index is 5.80. The normalized spacial score (nSPS) is 11.1. The van der Waals surface area contributed by atoms with E-state index in [9.17, 15) is 0 Å². The molecule has 0 aliphatic heterocycles. The van der Waals surface area contributed by atoms with Crippen LogP contribution in [0.4, 0.5) is 0 Å². The van der Waals surface area contributed by atoms with Gasteiger partial charge in [0.2, 0.25) is 0 Å². The maximum Gasteiger partial charge on any atom is 0.191 e. The Hall–Kier alpha value is -1.02. The largest absolute Gasteiger partial charge is 0.491 e. The molecule has 1 aromatic carbocycles. The fourth-order valence-electron chi connectivity index (χ4n) is 1.88. The summed E-state index contributed by atoms with van der Waals surface area (Å²) >= 11 is 0. The lowest BCUT2D eigenvalue weighted by Gasteiger charge is -2.16. The van der Waals surface area contributed by atoms with Crippen molar-refractivity contribution in [1.82, 2.24) is 10.6 Å². The second kappa shape index (κ2) is 12.4. The second-order valence-corrected chi connectivity index (χ2v) is 5.65. The molecule has 132 valence electrons. The van der Waals surface area contributed by atoms with Crippen LogP contribution < -0.4 is 15.4 Å². The molecule has 0 atom stereocenters. The van der Waals surface area contributed by atoms with Gasteiger partial charge >= 0.3 is 0 Å². The summed E-state index contributed by atoms with van der Waals surface area (Å²) in [6.45, 7) is 9.09. The topological polar surface area (TPSA) is 54.9 Å². The zero-order valence-electron chi connectivity index (χ0n) is 14.8. The third-order valence-corrected chi connectivity index (χ3v) is 3.12. The van der Waals surface area contributed by atoms with E-state index in [2.05, 4.69) is 54.6 Å². The van der Waals surface area contributed by atoms with Crippen LogP contribution >= 0.6 is 24.0 Å². The van der Waals surface area contributed by atoms with Crippen LogP contribution in [-0.4, -0.2) is 39.9 Å². The van der Waals surface area contributed by atoms with Crippen LogP contribution in [0, 0.1) is 12.8 Å². The number of rotatable bonds is 8. The van der Waals surface area contributed by atoms with Crippen molar-refractivity contribution >= 4 is 29.9 Å². The number of aryl methyl sites for hydroxylation is 1. The highest BCUT2D eigenvalue weighted by molar-refractivity contribution is 14.0. The van der Waals surface area contributed by atoms with E-state index >= 15 is 0 Å².